The van der Waals surface area contributed by atoms with Crippen LogP contribution in [0.4, 0.5) is 0 Å². The summed E-state index contributed by atoms with van der Waals surface area (Å²) in [5.41, 5.74) is 0. The van der Waals surface area contributed by atoms with Crippen LogP contribution in [-0.4, -0.2) is 96.7 Å². The summed E-state index contributed by atoms with van der Waals surface area (Å²) in [5, 5.41) is 10.5. The zero-order chi connectivity index (χ0) is 61.8. The summed E-state index contributed by atoms with van der Waals surface area (Å²) < 4.78 is 68.0. The predicted octanol–water partition coefficient (Wildman–Crippen LogP) is 17.4. The van der Waals surface area contributed by atoms with E-state index in [9.17, 15) is 43.2 Å². The molecule has 0 saturated heterocycles. The Morgan fingerprint density at radius 1 is 0.337 bits per heavy atom. The van der Waals surface area contributed by atoms with Crippen molar-refractivity contribution in [1.29, 1.82) is 0 Å². The zero-order valence-electron chi connectivity index (χ0n) is 53.8. The molecule has 0 amide bonds. The van der Waals surface area contributed by atoms with Crippen LogP contribution < -0.4 is 0 Å². The number of carbonyl (C=O) groups is 4. The van der Waals surface area contributed by atoms with Crippen LogP contribution in [0.5, 0.6) is 0 Å². The van der Waals surface area contributed by atoms with Gasteiger partial charge in [0.25, 0.3) is 0 Å². The van der Waals surface area contributed by atoms with Gasteiger partial charge in [-0.15, -0.1) is 0 Å². The molecule has 4 unspecified atom stereocenters. The summed E-state index contributed by atoms with van der Waals surface area (Å²) >= 11 is 0. The maximum absolute atomic E-state index is 13.0. The number of phosphoric ester groups is 2. The Kier molecular flexibility index (Phi) is 53.0. The van der Waals surface area contributed by atoms with Gasteiger partial charge >= 0.3 is 39.5 Å². The molecule has 0 heterocycles. The van der Waals surface area contributed by atoms with Gasteiger partial charge in [0.1, 0.15) is 19.3 Å². The molecule has 0 aliphatic heterocycles. The van der Waals surface area contributed by atoms with Gasteiger partial charge in [0.05, 0.1) is 26.4 Å². The molecule has 83 heavy (non-hydrogen) atoms. The van der Waals surface area contributed by atoms with Crippen LogP contribution in [0.15, 0.2) is 0 Å². The average Bonchev–Trinajstić information content (AvgIpc) is 3.46. The third-order valence-corrected chi connectivity index (χ3v) is 17.2. The van der Waals surface area contributed by atoms with Crippen molar-refractivity contribution in [3.63, 3.8) is 0 Å². The van der Waals surface area contributed by atoms with Gasteiger partial charge in [0.15, 0.2) is 12.2 Å². The Morgan fingerprint density at radius 3 is 0.855 bits per heavy atom. The molecule has 3 N–H and O–H groups in total. The molecular formula is C64H124O17P2. The summed E-state index contributed by atoms with van der Waals surface area (Å²) in [4.78, 5) is 72.2. The van der Waals surface area contributed by atoms with E-state index in [0.717, 1.165) is 120 Å². The highest BCUT2D eigenvalue weighted by atomic mass is 31.2. The van der Waals surface area contributed by atoms with Crippen molar-refractivity contribution in [2.24, 2.45) is 23.7 Å². The van der Waals surface area contributed by atoms with Gasteiger partial charge in [0, 0.05) is 25.7 Å². The average molecular weight is 1230 g/mol. The molecule has 17 nitrogen and oxygen atoms in total. The van der Waals surface area contributed by atoms with Gasteiger partial charge in [-0.3, -0.25) is 37.3 Å². The third-order valence-electron chi connectivity index (χ3n) is 15.3. The molecule has 0 saturated carbocycles. The first-order valence-electron chi connectivity index (χ1n) is 33.3. The predicted molar refractivity (Wildman–Crippen MR) is 331 cm³/mol. The van der Waals surface area contributed by atoms with Crippen LogP contribution in [0.25, 0.3) is 0 Å². The minimum absolute atomic E-state index is 0.103. The largest absolute Gasteiger partial charge is 0.472 e. The number of hydrogen-bond acceptors (Lipinski definition) is 15. The minimum Gasteiger partial charge on any atom is -0.462 e. The van der Waals surface area contributed by atoms with E-state index in [1.165, 1.54) is 96.3 Å². The molecule has 0 aromatic carbocycles. The van der Waals surface area contributed by atoms with Gasteiger partial charge in [-0.05, 0) is 49.4 Å². The van der Waals surface area contributed by atoms with E-state index < -0.39 is 97.5 Å². The Morgan fingerprint density at radius 2 is 0.578 bits per heavy atom. The van der Waals surface area contributed by atoms with Crippen LogP contribution in [0.1, 0.15) is 306 Å². The molecular weight excluding hydrogens is 1100 g/mol. The maximum atomic E-state index is 13.0. The quantitative estimate of drug-likeness (QED) is 0.0222. The standard InChI is InChI=1S/C64H124O17P2/c1-9-56(7)42-34-26-17-14-15-19-31-39-47-64(69)81-59(50-74-61(66)44-36-28-22-20-25-33-41-55(5)6)52-78-82(70,71)76-48-58(65)49-77-83(72,73)79-53-60(51-75-62(67)45-37-29-23-21-27-35-43-57(8)10-2)80-63(68)46-38-30-18-13-11-12-16-24-32-40-54(3)4/h54-60,65H,9-53H2,1-8H3,(H,70,71)(H,72,73)/t56?,57?,58-,59+,60+/m0/s1. The lowest BCUT2D eigenvalue weighted by Gasteiger charge is -2.21. The van der Waals surface area contributed by atoms with E-state index in [-0.39, 0.29) is 25.7 Å². The molecule has 492 valence electrons. The summed E-state index contributed by atoms with van der Waals surface area (Å²) in [7, 11) is -9.89. The molecule has 0 aliphatic carbocycles. The second-order valence-electron chi connectivity index (χ2n) is 24.6. The van der Waals surface area contributed by atoms with Gasteiger partial charge < -0.3 is 33.8 Å². The third kappa shape index (κ3) is 56.3. The Bertz CT molecular complexity index is 1670. The topological polar surface area (TPSA) is 237 Å². The second-order valence-corrected chi connectivity index (χ2v) is 27.5. The van der Waals surface area contributed by atoms with Crippen LogP contribution in [0.2, 0.25) is 0 Å². The van der Waals surface area contributed by atoms with E-state index in [2.05, 4.69) is 55.4 Å². The van der Waals surface area contributed by atoms with Gasteiger partial charge in [-0.2, -0.15) is 0 Å². The monoisotopic (exact) mass is 1230 g/mol. The van der Waals surface area contributed by atoms with Crippen LogP contribution in [-0.2, 0) is 65.4 Å². The molecule has 7 atom stereocenters. The maximum Gasteiger partial charge on any atom is 0.472 e. The smallest absolute Gasteiger partial charge is 0.462 e. The fourth-order valence-electron chi connectivity index (χ4n) is 9.36. The Labute approximate surface area is 505 Å². The fourth-order valence-corrected chi connectivity index (χ4v) is 10.9. The van der Waals surface area contributed by atoms with E-state index in [1.807, 2.05) is 0 Å². The van der Waals surface area contributed by atoms with Crippen molar-refractivity contribution in [3.05, 3.63) is 0 Å². The van der Waals surface area contributed by atoms with Crippen LogP contribution in [0.3, 0.4) is 0 Å². The highest BCUT2D eigenvalue weighted by Gasteiger charge is 2.30. The fraction of sp³-hybridized carbons (Fsp3) is 0.938. The highest BCUT2D eigenvalue weighted by molar-refractivity contribution is 7.47. The molecule has 0 rings (SSSR count). The van der Waals surface area contributed by atoms with E-state index >= 15 is 0 Å². The first-order valence-corrected chi connectivity index (χ1v) is 36.3. The number of aliphatic hydroxyl groups excluding tert-OH is 1. The number of aliphatic hydroxyl groups is 1. The summed E-state index contributed by atoms with van der Waals surface area (Å²) in [5.74, 6) is 0.774. The molecule has 19 heteroatoms. The summed E-state index contributed by atoms with van der Waals surface area (Å²) in [6, 6.07) is 0. The van der Waals surface area contributed by atoms with Crippen molar-refractivity contribution in [3.8, 4) is 0 Å². The molecule has 0 aromatic rings. The molecule has 0 aliphatic rings. The van der Waals surface area contributed by atoms with Crippen molar-refractivity contribution < 1.29 is 80.2 Å². The van der Waals surface area contributed by atoms with Gasteiger partial charge in [-0.1, -0.05) is 254 Å². The van der Waals surface area contributed by atoms with Crippen LogP contribution >= 0.6 is 15.6 Å². The van der Waals surface area contributed by atoms with E-state index in [4.69, 9.17) is 37.0 Å². The molecule has 0 radical (unpaired) electrons. The minimum atomic E-state index is -4.95. The number of carbonyl (C=O) groups excluding carboxylic acids is 4. The van der Waals surface area contributed by atoms with E-state index in [1.54, 1.807) is 0 Å². The second kappa shape index (κ2) is 54.2. The van der Waals surface area contributed by atoms with Crippen molar-refractivity contribution >= 4 is 39.5 Å². The lowest BCUT2D eigenvalue weighted by Crippen LogP contribution is -2.30. The van der Waals surface area contributed by atoms with Crippen molar-refractivity contribution in [2.45, 2.75) is 324 Å². The van der Waals surface area contributed by atoms with E-state index in [0.29, 0.717) is 31.6 Å². The molecule has 0 aromatic heterocycles. The summed E-state index contributed by atoms with van der Waals surface area (Å²) in [6.07, 6.45) is 33.6. The molecule has 0 bridgehead atoms. The Hall–Kier alpha value is -1.94. The normalized spacial score (nSPS) is 15.1. The van der Waals surface area contributed by atoms with Crippen molar-refractivity contribution in [1.82, 2.24) is 0 Å². The number of ether oxygens (including phenoxy) is 4. The lowest BCUT2D eigenvalue weighted by molar-refractivity contribution is -0.161. The first kappa shape index (κ1) is 81.1. The number of rotatable bonds is 61. The number of hydrogen-bond donors (Lipinski definition) is 3. The lowest BCUT2D eigenvalue weighted by atomic mass is 9.99. The number of unbranched alkanes of at least 4 members (excludes halogenated alkanes) is 25. The summed E-state index contributed by atoms with van der Waals surface area (Å²) in [6.45, 7) is 13.9. The number of esters is 4. The first-order chi connectivity index (χ1) is 39.7. The SMILES string of the molecule is CCC(C)CCCCCCCCCCC(=O)O[C@H](COC(=O)CCCCCCCCC(C)C)COP(=O)(O)OC[C@H](O)COP(=O)(O)OC[C@@H](COC(=O)CCCCCCCCC(C)CC)OC(=O)CCCCCCCCCCCC(C)C. The van der Waals surface area contributed by atoms with Crippen molar-refractivity contribution in [2.75, 3.05) is 39.6 Å². The van der Waals surface area contributed by atoms with Crippen LogP contribution in [0, 0.1) is 23.7 Å². The van der Waals surface area contributed by atoms with Gasteiger partial charge in [0.2, 0.25) is 0 Å². The Balaban J connectivity index is 5.27. The number of phosphoric acid groups is 2. The highest BCUT2D eigenvalue weighted by Crippen LogP contribution is 2.45. The van der Waals surface area contributed by atoms with Gasteiger partial charge in [-0.25, -0.2) is 9.13 Å². The molecule has 0 spiro atoms. The molecule has 0 fully saturated rings. The zero-order valence-corrected chi connectivity index (χ0v) is 55.6.